The van der Waals surface area contributed by atoms with Crippen LogP contribution in [0.15, 0.2) is 35.2 Å². The Morgan fingerprint density at radius 3 is 2.90 bits per heavy atom. The summed E-state index contributed by atoms with van der Waals surface area (Å²) in [6.07, 6.45) is 3.17. The lowest BCUT2D eigenvalue weighted by atomic mass is 10.3. The van der Waals surface area contributed by atoms with Crippen LogP contribution >= 0.6 is 27.5 Å². The summed E-state index contributed by atoms with van der Waals surface area (Å²) in [4.78, 5) is 12.4. The Kier molecular flexibility index (Phi) is 3.67. The molecule has 0 radical (unpaired) electrons. The van der Waals surface area contributed by atoms with E-state index in [0.717, 1.165) is 11.2 Å². The third kappa shape index (κ3) is 2.41. The van der Waals surface area contributed by atoms with Gasteiger partial charge in [-0.1, -0.05) is 0 Å². The first-order valence-corrected chi connectivity index (χ1v) is 7.17. The van der Waals surface area contributed by atoms with Crippen molar-refractivity contribution in [2.45, 2.75) is 12.4 Å². The summed E-state index contributed by atoms with van der Waals surface area (Å²) < 4.78 is 15.9. The number of alkyl halides is 1. The molecule has 2 aromatic heterocycles. The number of hydrogen-bond donors (Lipinski definition) is 0. The van der Waals surface area contributed by atoms with Crippen molar-refractivity contribution in [1.29, 1.82) is 0 Å². The summed E-state index contributed by atoms with van der Waals surface area (Å²) >= 11 is 9.12. The standard InChI is InChI=1S/C13H9BrClFN4/c14-9-3-12-11(4-10(9)16)19-13(5-15)20(12)6-8-1-2-17-7-18-8/h1-4,7H,5-6H2. The number of halogens is 3. The van der Waals surface area contributed by atoms with Crippen LogP contribution in [0.25, 0.3) is 11.0 Å². The fourth-order valence-corrected chi connectivity index (χ4v) is 2.56. The lowest BCUT2D eigenvalue weighted by molar-refractivity contribution is 0.622. The Hall–Kier alpha value is -1.53. The molecule has 3 rings (SSSR count). The second-order valence-electron chi connectivity index (χ2n) is 4.20. The first-order valence-electron chi connectivity index (χ1n) is 5.84. The molecule has 2 heterocycles. The number of fused-ring (bicyclic) bond motifs is 1. The van der Waals surface area contributed by atoms with Gasteiger partial charge >= 0.3 is 0 Å². The van der Waals surface area contributed by atoms with Crippen LogP contribution in [0.1, 0.15) is 11.5 Å². The molecule has 0 atom stereocenters. The minimum absolute atomic E-state index is 0.249. The lowest BCUT2D eigenvalue weighted by Gasteiger charge is -2.07. The zero-order valence-corrected chi connectivity index (χ0v) is 12.6. The Balaban J connectivity index is 2.15. The van der Waals surface area contributed by atoms with Crippen LogP contribution in [0.3, 0.4) is 0 Å². The predicted octanol–water partition coefficient (Wildman–Crippen LogP) is 3.52. The average Bonchev–Trinajstić information content (AvgIpc) is 2.78. The van der Waals surface area contributed by atoms with Crippen molar-refractivity contribution < 1.29 is 4.39 Å². The third-order valence-corrected chi connectivity index (χ3v) is 3.80. The quantitative estimate of drug-likeness (QED) is 0.675. The molecule has 0 N–H and O–H groups in total. The van der Waals surface area contributed by atoms with Gasteiger partial charge < -0.3 is 4.57 Å². The van der Waals surface area contributed by atoms with E-state index in [0.29, 0.717) is 22.4 Å². The number of benzene rings is 1. The van der Waals surface area contributed by atoms with E-state index in [1.165, 1.54) is 12.4 Å². The normalized spacial score (nSPS) is 11.2. The van der Waals surface area contributed by atoms with E-state index in [4.69, 9.17) is 11.6 Å². The van der Waals surface area contributed by atoms with Crippen LogP contribution in [-0.4, -0.2) is 19.5 Å². The van der Waals surface area contributed by atoms with Crippen LogP contribution < -0.4 is 0 Å². The Bertz CT molecular complexity index is 760. The van der Waals surface area contributed by atoms with Gasteiger partial charge in [-0.3, -0.25) is 0 Å². The van der Waals surface area contributed by atoms with Gasteiger partial charge in [0.05, 0.1) is 33.6 Å². The average molecular weight is 356 g/mol. The van der Waals surface area contributed by atoms with Gasteiger partial charge in [0, 0.05) is 12.3 Å². The van der Waals surface area contributed by atoms with Crippen LogP contribution in [0.4, 0.5) is 4.39 Å². The molecule has 0 fully saturated rings. The number of nitrogens with zero attached hydrogens (tertiary/aromatic N) is 4. The smallest absolute Gasteiger partial charge is 0.139 e. The van der Waals surface area contributed by atoms with Gasteiger partial charge in [-0.15, -0.1) is 11.6 Å². The van der Waals surface area contributed by atoms with Gasteiger partial charge in [0.1, 0.15) is 18.0 Å². The van der Waals surface area contributed by atoms with Crippen molar-refractivity contribution in [2.75, 3.05) is 0 Å². The van der Waals surface area contributed by atoms with Gasteiger partial charge in [0.25, 0.3) is 0 Å². The van der Waals surface area contributed by atoms with E-state index in [1.807, 2.05) is 10.6 Å². The topological polar surface area (TPSA) is 43.6 Å². The largest absolute Gasteiger partial charge is 0.321 e. The molecule has 0 spiro atoms. The number of imidazole rings is 1. The summed E-state index contributed by atoms with van der Waals surface area (Å²) in [7, 11) is 0. The molecule has 4 nitrogen and oxygen atoms in total. The first-order chi connectivity index (χ1) is 9.69. The molecule has 1 aromatic carbocycles. The minimum Gasteiger partial charge on any atom is -0.321 e. The second kappa shape index (κ2) is 5.46. The first kappa shape index (κ1) is 13.5. The van der Waals surface area contributed by atoms with Gasteiger partial charge in [0.2, 0.25) is 0 Å². The molecule has 0 aliphatic carbocycles. The maximum Gasteiger partial charge on any atom is 0.139 e. The van der Waals surface area contributed by atoms with Crippen molar-refractivity contribution in [3.8, 4) is 0 Å². The molecule has 0 bridgehead atoms. The van der Waals surface area contributed by atoms with Gasteiger partial charge in [-0.05, 0) is 28.1 Å². The maximum absolute atomic E-state index is 13.6. The van der Waals surface area contributed by atoms with E-state index in [-0.39, 0.29) is 11.7 Å². The molecular weight excluding hydrogens is 347 g/mol. The zero-order valence-electron chi connectivity index (χ0n) is 10.2. The molecule has 0 aliphatic rings. The Morgan fingerprint density at radius 2 is 2.20 bits per heavy atom. The van der Waals surface area contributed by atoms with E-state index < -0.39 is 0 Å². The van der Waals surface area contributed by atoms with Crippen LogP contribution in [0.2, 0.25) is 0 Å². The van der Waals surface area contributed by atoms with Gasteiger partial charge in [-0.25, -0.2) is 19.3 Å². The van der Waals surface area contributed by atoms with Crippen molar-refractivity contribution in [3.05, 3.63) is 52.5 Å². The van der Waals surface area contributed by atoms with Crippen molar-refractivity contribution in [1.82, 2.24) is 19.5 Å². The van der Waals surface area contributed by atoms with E-state index in [2.05, 4.69) is 30.9 Å². The van der Waals surface area contributed by atoms with Crippen molar-refractivity contribution in [2.24, 2.45) is 0 Å². The molecule has 20 heavy (non-hydrogen) atoms. The molecule has 3 aromatic rings. The molecule has 0 aliphatic heterocycles. The molecule has 0 amide bonds. The fourth-order valence-electron chi connectivity index (χ4n) is 2.02. The highest BCUT2D eigenvalue weighted by Crippen LogP contribution is 2.25. The highest BCUT2D eigenvalue weighted by molar-refractivity contribution is 9.10. The monoisotopic (exact) mass is 354 g/mol. The summed E-state index contributed by atoms with van der Waals surface area (Å²) in [5, 5.41) is 0. The lowest BCUT2D eigenvalue weighted by Crippen LogP contribution is -2.05. The number of hydrogen-bond acceptors (Lipinski definition) is 3. The van der Waals surface area contributed by atoms with Crippen molar-refractivity contribution >= 4 is 38.6 Å². The van der Waals surface area contributed by atoms with Gasteiger partial charge in [0.15, 0.2) is 0 Å². The summed E-state index contributed by atoms with van der Waals surface area (Å²) in [5.41, 5.74) is 2.23. The molecule has 7 heteroatoms. The molecule has 0 unspecified atom stereocenters. The van der Waals surface area contributed by atoms with Crippen LogP contribution in [0.5, 0.6) is 0 Å². The van der Waals surface area contributed by atoms with E-state index in [1.54, 1.807) is 12.3 Å². The molecule has 0 saturated heterocycles. The summed E-state index contributed by atoms with van der Waals surface area (Å²) in [5.74, 6) is 0.585. The SMILES string of the molecule is Fc1cc2nc(CCl)n(Cc3ccncn3)c2cc1Br. The minimum atomic E-state index is -0.342. The Labute approximate surface area is 127 Å². The third-order valence-electron chi connectivity index (χ3n) is 2.95. The van der Waals surface area contributed by atoms with E-state index >= 15 is 0 Å². The van der Waals surface area contributed by atoms with Crippen LogP contribution in [-0.2, 0) is 12.4 Å². The van der Waals surface area contributed by atoms with Crippen LogP contribution in [0, 0.1) is 5.82 Å². The number of aromatic nitrogens is 4. The molecular formula is C13H9BrClFN4. The Morgan fingerprint density at radius 1 is 1.35 bits per heavy atom. The number of rotatable bonds is 3. The summed E-state index contributed by atoms with van der Waals surface area (Å²) in [6.45, 7) is 0.513. The molecule has 0 saturated carbocycles. The van der Waals surface area contributed by atoms with Gasteiger partial charge in [-0.2, -0.15) is 0 Å². The highest BCUT2D eigenvalue weighted by atomic mass is 79.9. The maximum atomic E-state index is 13.6. The zero-order chi connectivity index (χ0) is 14.1. The highest BCUT2D eigenvalue weighted by Gasteiger charge is 2.13. The molecule has 102 valence electrons. The second-order valence-corrected chi connectivity index (χ2v) is 5.33. The fraction of sp³-hybridized carbons (Fsp3) is 0.154. The summed E-state index contributed by atoms with van der Waals surface area (Å²) in [6, 6.07) is 4.92. The van der Waals surface area contributed by atoms with Crippen molar-refractivity contribution in [3.63, 3.8) is 0 Å². The van der Waals surface area contributed by atoms with E-state index in [9.17, 15) is 4.39 Å². The predicted molar refractivity (Wildman–Crippen MR) is 78.1 cm³/mol.